The molecule has 198 valence electrons. The second-order valence-corrected chi connectivity index (χ2v) is 8.52. The first-order chi connectivity index (χ1) is 18.4. The van der Waals surface area contributed by atoms with Gasteiger partial charge in [0.05, 0.1) is 19.1 Å². The van der Waals surface area contributed by atoms with Crippen LogP contribution < -0.4 is 24.4 Å². The maximum Gasteiger partial charge on any atom is 0.269 e. The van der Waals surface area contributed by atoms with E-state index in [4.69, 9.17) is 14.2 Å². The maximum absolute atomic E-state index is 13.0. The van der Waals surface area contributed by atoms with Crippen LogP contribution in [0.15, 0.2) is 66.7 Å². The van der Waals surface area contributed by atoms with Crippen molar-refractivity contribution < 1.29 is 28.7 Å². The summed E-state index contributed by atoms with van der Waals surface area (Å²) in [6.45, 7) is 2.24. The molecule has 1 heterocycles. The second kappa shape index (κ2) is 12.0. The molecule has 0 saturated carbocycles. The minimum absolute atomic E-state index is 0.0487. The highest BCUT2D eigenvalue weighted by atomic mass is 16.6. The lowest BCUT2D eigenvalue weighted by Crippen LogP contribution is -2.48. The molecule has 11 nitrogen and oxygen atoms in total. The zero-order valence-corrected chi connectivity index (χ0v) is 21.1. The van der Waals surface area contributed by atoms with Crippen LogP contribution in [0.25, 0.3) is 0 Å². The summed E-state index contributed by atoms with van der Waals surface area (Å²) in [6.07, 6.45) is 0. The molecule has 0 unspecified atom stereocenters. The van der Waals surface area contributed by atoms with Gasteiger partial charge < -0.3 is 29.3 Å². The standard InChI is InChI=1S/C27H28N4O7/c1-36-24-15-19(16-25(17-24)37-2)27(33)30-13-11-29(12-14-30)21-5-3-20(4-6-21)28-26(32)18-38-23-9-7-22(8-10-23)31(34)35/h3-10,15-17H,11-14,18H2,1-2H3,(H,28,32). The number of nitro groups is 1. The molecule has 38 heavy (non-hydrogen) atoms. The number of rotatable bonds is 9. The normalized spacial score (nSPS) is 13.0. The Labute approximate surface area is 219 Å². The SMILES string of the molecule is COc1cc(OC)cc(C(=O)N2CCN(c3ccc(NC(=O)COc4ccc([N+](=O)[O-])cc4)cc3)CC2)c1. The topological polar surface area (TPSA) is 123 Å². The average molecular weight is 521 g/mol. The molecule has 1 aliphatic rings. The van der Waals surface area contributed by atoms with Crippen molar-refractivity contribution >= 4 is 28.9 Å². The molecule has 0 atom stereocenters. The van der Waals surface area contributed by atoms with Crippen LogP contribution in [0.5, 0.6) is 17.2 Å². The van der Waals surface area contributed by atoms with Crippen LogP contribution in [0.2, 0.25) is 0 Å². The first kappa shape index (κ1) is 26.3. The lowest BCUT2D eigenvalue weighted by molar-refractivity contribution is -0.384. The van der Waals surface area contributed by atoms with Crippen molar-refractivity contribution in [3.63, 3.8) is 0 Å². The molecule has 1 saturated heterocycles. The summed E-state index contributed by atoms with van der Waals surface area (Å²) < 4.78 is 15.9. The van der Waals surface area contributed by atoms with Gasteiger partial charge in [-0.25, -0.2) is 0 Å². The van der Waals surface area contributed by atoms with E-state index in [9.17, 15) is 19.7 Å². The quantitative estimate of drug-likeness (QED) is 0.335. The van der Waals surface area contributed by atoms with E-state index in [-0.39, 0.29) is 24.1 Å². The van der Waals surface area contributed by atoms with E-state index in [1.807, 2.05) is 17.0 Å². The van der Waals surface area contributed by atoms with Gasteiger partial charge in [-0.15, -0.1) is 0 Å². The zero-order valence-electron chi connectivity index (χ0n) is 21.1. The smallest absolute Gasteiger partial charge is 0.269 e. The Bertz CT molecular complexity index is 1270. The third-order valence-corrected chi connectivity index (χ3v) is 6.10. The molecular formula is C27H28N4O7. The molecule has 4 rings (SSSR count). The number of nitrogens with zero attached hydrogens (tertiary/aromatic N) is 3. The molecule has 0 radical (unpaired) electrons. The Morgan fingerprint density at radius 3 is 2.03 bits per heavy atom. The molecule has 0 spiro atoms. The van der Waals surface area contributed by atoms with Crippen LogP contribution in [0.4, 0.5) is 17.1 Å². The molecule has 1 fully saturated rings. The van der Waals surface area contributed by atoms with Crippen LogP contribution in [0.3, 0.4) is 0 Å². The first-order valence-corrected chi connectivity index (χ1v) is 11.9. The first-order valence-electron chi connectivity index (χ1n) is 11.9. The van der Waals surface area contributed by atoms with Crippen molar-refractivity contribution in [2.24, 2.45) is 0 Å². The van der Waals surface area contributed by atoms with Crippen molar-refractivity contribution in [1.29, 1.82) is 0 Å². The van der Waals surface area contributed by atoms with Crippen molar-refractivity contribution in [1.82, 2.24) is 4.90 Å². The number of anilines is 2. The minimum atomic E-state index is -0.500. The van der Waals surface area contributed by atoms with Gasteiger partial charge in [-0.1, -0.05) is 0 Å². The molecule has 3 aromatic rings. The molecule has 0 bridgehead atoms. The molecule has 1 aliphatic heterocycles. The number of ether oxygens (including phenoxy) is 3. The Hall–Kier alpha value is -4.80. The van der Waals surface area contributed by atoms with E-state index in [1.54, 1.807) is 44.6 Å². The van der Waals surface area contributed by atoms with Gasteiger partial charge in [0.15, 0.2) is 6.61 Å². The number of nitrogens with one attached hydrogen (secondary N) is 1. The number of benzene rings is 3. The highest BCUT2D eigenvalue weighted by Gasteiger charge is 2.23. The number of carbonyl (C=O) groups is 2. The predicted octanol–water partition coefficient (Wildman–Crippen LogP) is 3.59. The van der Waals surface area contributed by atoms with E-state index in [1.165, 1.54) is 24.3 Å². The van der Waals surface area contributed by atoms with Crippen LogP contribution in [0, 0.1) is 10.1 Å². The third kappa shape index (κ3) is 6.49. The second-order valence-electron chi connectivity index (χ2n) is 8.52. The van der Waals surface area contributed by atoms with Crippen molar-refractivity contribution in [3.8, 4) is 17.2 Å². The van der Waals surface area contributed by atoms with Gasteiger partial charge in [0.1, 0.15) is 17.2 Å². The number of hydrogen-bond donors (Lipinski definition) is 1. The summed E-state index contributed by atoms with van der Waals surface area (Å²) in [5, 5.41) is 13.5. The number of non-ortho nitro benzene ring substituents is 1. The van der Waals surface area contributed by atoms with E-state index in [0.717, 1.165) is 5.69 Å². The van der Waals surface area contributed by atoms with Crippen LogP contribution >= 0.6 is 0 Å². The number of amides is 2. The maximum atomic E-state index is 13.0. The number of methoxy groups -OCH3 is 2. The number of nitro benzene ring substituents is 1. The van der Waals surface area contributed by atoms with E-state index >= 15 is 0 Å². The fourth-order valence-corrected chi connectivity index (χ4v) is 4.05. The minimum Gasteiger partial charge on any atom is -0.497 e. The molecule has 3 aromatic carbocycles. The Morgan fingerprint density at radius 1 is 0.868 bits per heavy atom. The van der Waals surface area contributed by atoms with Gasteiger partial charge >= 0.3 is 0 Å². The predicted molar refractivity (Wildman–Crippen MR) is 141 cm³/mol. The largest absolute Gasteiger partial charge is 0.497 e. The van der Waals surface area contributed by atoms with Gasteiger partial charge in [-0.3, -0.25) is 19.7 Å². The van der Waals surface area contributed by atoms with Crippen molar-refractivity contribution in [2.45, 2.75) is 0 Å². The lowest BCUT2D eigenvalue weighted by atomic mass is 10.1. The fourth-order valence-electron chi connectivity index (χ4n) is 4.05. The lowest BCUT2D eigenvalue weighted by Gasteiger charge is -2.36. The summed E-state index contributed by atoms with van der Waals surface area (Å²) in [6, 6.07) is 18.1. The molecule has 0 aromatic heterocycles. The average Bonchev–Trinajstić information content (AvgIpc) is 2.96. The Kier molecular flexibility index (Phi) is 8.27. The Morgan fingerprint density at radius 2 is 1.47 bits per heavy atom. The fraction of sp³-hybridized carbons (Fsp3) is 0.259. The zero-order chi connectivity index (χ0) is 27.1. The molecule has 0 aliphatic carbocycles. The van der Waals surface area contributed by atoms with Crippen molar-refractivity contribution in [3.05, 3.63) is 82.4 Å². The van der Waals surface area contributed by atoms with Crippen LogP contribution in [-0.4, -0.2) is 68.6 Å². The van der Waals surface area contributed by atoms with Gasteiger partial charge in [-0.05, 0) is 48.5 Å². The van der Waals surface area contributed by atoms with Gasteiger partial charge in [0, 0.05) is 61.3 Å². The van der Waals surface area contributed by atoms with E-state index < -0.39 is 4.92 Å². The highest BCUT2D eigenvalue weighted by molar-refractivity contribution is 5.95. The summed E-state index contributed by atoms with van der Waals surface area (Å²) in [7, 11) is 3.10. The molecule has 1 N–H and O–H groups in total. The molecule has 2 amide bonds. The summed E-state index contributed by atoms with van der Waals surface area (Å²) in [5.41, 5.74) is 2.08. The summed E-state index contributed by atoms with van der Waals surface area (Å²) in [4.78, 5) is 39.5. The monoisotopic (exact) mass is 520 g/mol. The van der Waals surface area contributed by atoms with E-state index in [0.29, 0.717) is 54.7 Å². The number of hydrogen-bond acceptors (Lipinski definition) is 8. The summed E-state index contributed by atoms with van der Waals surface area (Å²) >= 11 is 0. The number of piperazine rings is 1. The van der Waals surface area contributed by atoms with Gasteiger partial charge in [0.25, 0.3) is 17.5 Å². The van der Waals surface area contributed by atoms with E-state index in [2.05, 4.69) is 10.2 Å². The van der Waals surface area contributed by atoms with Crippen LogP contribution in [-0.2, 0) is 4.79 Å². The van der Waals surface area contributed by atoms with Crippen molar-refractivity contribution in [2.75, 3.05) is 57.2 Å². The highest BCUT2D eigenvalue weighted by Crippen LogP contribution is 2.25. The molecule has 11 heteroatoms. The van der Waals surface area contributed by atoms with Crippen LogP contribution in [0.1, 0.15) is 10.4 Å². The summed E-state index contributed by atoms with van der Waals surface area (Å²) in [5.74, 6) is 1.07. The van der Waals surface area contributed by atoms with Gasteiger partial charge in [0.2, 0.25) is 0 Å². The number of carbonyl (C=O) groups excluding carboxylic acids is 2. The van der Waals surface area contributed by atoms with Gasteiger partial charge in [-0.2, -0.15) is 0 Å². The molecular weight excluding hydrogens is 492 g/mol. The Balaban J connectivity index is 1.26. The third-order valence-electron chi connectivity index (χ3n) is 6.10.